The largest absolute Gasteiger partial charge is 0.230 e. The minimum atomic E-state index is -3.60. The van der Waals surface area contributed by atoms with Gasteiger partial charge in [0.25, 0.3) is 0 Å². The van der Waals surface area contributed by atoms with Crippen molar-refractivity contribution in [2.45, 2.75) is 108 Å². The third-order valence-electron chi connectivity index (χ3n) is 5.08. The highest BCUT2D eigenvalue weighted by Gasteiger charge is 2.31. The molecular weight excluding hydrogens is 384 g/mol. The molecule has 0 heterocycles. The second-order valence-electron chi connectivity index (χ2n) is 7.56. The summed E-state index contributed by atoms with van der Waals surface area (Å²) in [4.78, 5) is 0. The Labute approximate surface area is 178 Å². The van der Waals surface area contributed by atoms with E-state index >= 15 is 0 Å². The van der Waals surface area contributed by atoms with Gasteiger partial charge in [-0.1, -0.05) is 58.3 Å². The summed E-state index contributed by atoms with van der Waals surface area (Å²) in [5, 5.41) is 25.6. The molecule has 0 saturated heterocycles. The molecule has 1 unspecified atom stereocenters. The molecule has 0 saturated carbocycles. The van der Waals surface area contributed by atoms with Crippen LogP contribution in [0.1, 0.15) is 103 Å². The van der Waals surface area contributed by atoms with Gasteiger partial charge in [-0.2, -0.15) is 15.8 Å². The fourth-order valence-electron chi connectivity index (χ4n) is 3.26. The fraction of sp³-hybridized carbons (Fsp3) is 0.864. The molecule has 0 fully saturated rings. The van der Waals surface area contributed by atoms with Crippen molar-refractivity contribution in [1.82, 2.24) is 4.31 Å². The molecule has 0 aromatic carbocycles. The van der Waals surface area contributed by atoms with Gasteiger partial charge in [-0.05, 0) is 32.1 Å². The molecular formula is C22H38N4O2S. The Kier molecular flexibility index (Phi) is 17.4. The van der Waals surface area contributed by atoms with E-state index in [9.17, 15) is 13.7 Å². The molecule has 0 spiro atoms. The molecule has 29 heavy (non-hydrogen) atoms. The van der Waals surface area contributed by atoms with Crippen molar-refractivity contribution < 1.29 is 8.42 Å². The number of unbranched alkanes of at least 4 members (excludes halogenated alkanes) is 11. The number of sulfonamides is 1. The molecule has 0 bridgehead atoms. The second-order valence-corrected chi connectivity index (χ2v) is 9.67. The van der Waals surface area contributed by atoms with E-state index in [1.165, 1.54) is 0 Å². The van der Waals surface area contributed by atoms with Crippen molar-refractivity contribution in [2.75, 3.05) is 13.1 Å². The lowest BCUT2D eigenvalue weighted by atomic mass is 10.1. The van der Waals surface area contributed by atoms with Crippen LogP contribution in [0.4, 0.5) is 0 Å². The van der Waals surface area contributed by atoms with Crippen LogP contribution in [0.3, 0.4) is 0 Å². The minimum Gasteiger partial charge on any atom is -0.211 e. The molecule has 1 atom stereocenters. The first kappa shape index (κ1) is 27.4. The van der Waals surface area contributed by atoms with Crippen LogP contribution in [0.15, 0.2) is 0 Å². The van der Waals surface area contributed by atoms with Gasteiger partial charge in [0.05, 0.1) is 18.2 Å². The molecule has 0 aromatic heterocycles. The maximum absolute atomic E-state index is 13.0. The Morgan fingerprint density at radius 1 is 0.724 bits per heavy atom. The van der Waals surface area contributed by atoms with E-state index in [-0.39, 0.29) is 0 Å². The SMILES string of the molecule is CCCCC(C#N)S(=O)(=O)N(CCCCCCCC#N)CCCCCCCC#N. The van der Waals surface area contributed by atoms with Gasteiger partial charge in [0, 0.05) is 25.9 Å². The number of hydrogen-bond acceptors (Lipinski definition) is 5. The van der Waals surface area contributed by atoms with E-state index in [2.05, 4.69) is 12.1 Å². The van der Waals surface area contributed by atoms with Crippen molar-refractivity contribution in [3.8, 4) is 18.2 Å². The Bertz CT molecular complexity index is 601. The Balaban J connectivity index is 4.63. The van der Waals surface area contributed by atoms with Gasteiger partial charge in [-0.3, -0.25) is 0 Å². The van der Waals surface area contributed by atoms with E-state index in [1.54, 1.807) is 4.31 Å². The maximum atomic E-state index is 13.0. The third kappa shape index (κ3) is 13.3. The maximum Gasteiger partial charge on any atom is 0.230 e. The summed E-state index contributed by atoms with van der Waals surface area (Å²) >= 11 is 0. The summed E-state index contributed by atoms with van der Waals surface area (Å²) in [6.45, 7) is 2.94. The Morgan fingerprint density at radius 2 is 1.17 bits per heavy atom. The van der Waals surface area contributed by atoms with Gasteiger partial charge < -0.3 is 0 Å². The predicted octanol–water partition coefficient (Wildman–Crippen LogP) is 5.43. The molecule has 164 valence electrons. The molecule has 0 radical (unpaired) electrons. The van der Waals surface area contributed by atoms with Crippen LogP contribution in [0, 0.1) is 34.0 Å². The highest BCUT2D eigenvalue weighted by molar-refractivity contribution is 7.90. The quantitative estimate of drug-likeness (QED) is 0.258. The average Bonchev–Trinajstić information content (AvgIpc) is 2.71. The number of nitrogens with zero attached hydrogens (tertiary/aromatic N) is 4. The van der Waals surface area contributed by atoms with Gasteiger partial charge in [-0.15, -0.1) is 0 Å². The zero-order valence-corrected chi connectivity index (χ0v) is 18.9. The van der Waals surface area contributed by atoms with Gasteiger partial charge in [0.15, 0.2) is 5.25 Å². The van der Waals surface area contributed by atoms with Gasteiger partial charge in [-0.25, -0.2) is 12.7 Å². The van der Waals surface area contributed by atoms with Crippen molar-refractivity contribution in [2.24, 2.45) is 0 Å². The normalized spacial score (nSPS) is 12.2. The zero-order valence-electron chi connectivity index (χ0n) is 18.1. The molecule has 6 nitrogen and oxygen atoms in total. The molecule has 0 aliphatic heterocycles. The number of rotatable bonds is 19. The lowest BCUT2D eigenvalue weighted by molar-refractivity contribution is 0.379. The average molecular weight is 423 g/mol. The van der Waals surface area contributed by atoms with E-state index in [1.807, 2.05) is 13.0 Å². The summed E-state index contributed by atoms with van der Waals surface area (Å²) in [6.07, 6.45) is 12.5. The van der Waals surface area contributed by atoms with Crippen LogP contribution >= 0.6 is 0 Å². The monoisotopic (exact) mass is 422 g/mol. The Morgan fingerprint density at radius 3 is 1.59 bits per heavy atom. The Hall–Kier alpha value is -1.62. The minimum absolute atomic E-state index is 0.397. The van der Waals surface area contributed by atoms with Crippen molar-refractivity contribution in [1.29, 1.82) is 15.8 Å². The van der Waals surface area contributed by atoms with Crippen LogP contribution in [-0.2, 0) is 10.0 Å². The summed E-state index contributed by atoms with van der Waals surface area (Å²) in [5.41, 5.74) is 0. The first-order valence-corrected chi connectivity index (χ1v) is 12.7. The number of nitriles is 3. The third-order valence-corrected chi connectivity index (χ3v) is 7.22. The van der Waals surface area contributed by atoms with E-state index < -0.39 is 15.3 Å². The van der Waals surface area contributed by atoms with Crippen LogP contribution in [0.25, 0.3) is 0 Å². The van der Waals surface area contributed by atoms with E-state index in [4.69, 9.17) is 10.5 Å². The van der Waals surface area contributed by atoms with Crippen LogP contribution in [-0.4, -0.2) is 31.1 Å². The number of hydrogen-bond donors (Lipinski definition) is 0. The highest BCUT2D eigenvalue weighted by Crippen LogP contribution is 2.18. The topological polar surface area (TPSA) is 109 Å². The molecule has 7 heteroatoms. The first-order valence-electron chi connectivity index (χ1n) is 11.2. The summed E-state index contributed by atoms with van der Waals surface area (Å²) in [5.74, 6) is 0. The van der Waals surface area contributed by atoms with Gasteiger partial charge in [0.1, 0.15) is 0 Å². The van der Waals surface area contributed by atoms with Crippen LogP contribution < -0.4 is 0 Å². The van der Waals surface area contributed by atoms with Gasteiger partial charge >= 0.3 is 0 Å². The first-order chi connectivity index (χ1) is 14.0. The fourth-order valence-corrected chi connectivity index (χ4v) is 4.99. The molecule has 0 aromatic rings. The van der Waals surface area contributed by atoms with Crippen molar-refractivity contribution >= 4 is 10.0 Å². The van der Waals surface area contributed by atoms with E-state index in [0.29, 0.717) is 32.4 Å². The zero-order chi connectivity index (χ0) is 21.8. The molecule has 0 aliphatic rings. The highest BCUT2D eigenvalue weighted by atomic mass is 32.2. The van der Waals surface area contributed by atoms with E-state index in [0.717, 1.165) is 77.0 Å². The predicted molar refractivity (Wildman–Crippen MR) is 116 cm³/mol. The summed E-state index contributed by atoms with van der Waals surface area (Å²) in [6, 6.07) is 6.30. The molecule has 0 aliphatic carbocycles. The van der Waals surface area contributed by atoms with Gasteiger partial charge in [0.2, 0.25) is 10.0 Å². The molecule has 0 rings (SSSR count). The molecule has 0 N–H and O–H groups in total. The van der Waals surface area contributed by atoms with Crippen LogP contribution in [0.2, 0.25) is 0 Å². The second kappa shape index (κ2) is 18.4. The van der Waals surface area contributed by atoms with Crippen molar-refractivity contribution in [3.05, 3.63) is 0 Å². The smallest absolute Gasteiger partial charge is 0.211 e. The van der Waals surface area contributed by atoms with Crippen LogP contribution in [0.5, 0.6) is 0 Å². The summed E-state index contributed by atoms with van der Waals surface area (Å²) in [7, 11) is -3.60. The lowest BCUT2D eigenvalue weighted by Crippen LogP contribution is -2.39. The van der Waals surface area contributed by atoms with Crippen molar-refractivity contribution in [3.63, 3.8) is 0 Å². The lowest BCUT2D eigenvalue weighted by Gasteiger charge is -2.25. The summed E-state index contributed by atoms with van der Waals surface area (Å²) < 4.78 is 27.6. The standard InChI is InChI=1S/C22H38N4O2S/c1-2-3-16-22(21-25)29(27,28)26(19-14-10-6-4-8-12-17-23)20-15-11-7-5-9-13-18-24/h22H,2-16,19-20H2,1H3. The molecule has 0 amide bonds.